The molecule has 0 bridgehead atoms. The molecule has 19 heavy (non-hydrogen) atoms. The molecule has 5 heteroatoms. The maximum absolute atomic E-state index is 12.1. The summed E-state index contributed by atoms with van der Waals surface area (Å²) in [4.78, 5) is 14.5. The lowest BCUT2D eigenvalue weighted by molar-refractivity contribution is -0.127. The van der Waals surface area contributed by atoms with Gasteiger partial charge in [0.05, 0.1) is 18.8 Å². The van der Waals surface area contributed by atoms with Crippen molar-refractivity contribution < 1.29 is 9.53 Å². The average Bonchev–Trinajstić information content (AvgIpc) is 2.45. The van der Waals surface area contributed by atoms with Gasteiger partial charge in [-0.1, -0.05) is 19.3 Å². The lowest BCUT2D eigenvalue weighted by atomic mass is 9.82. The summed E-state index contributed by atoms with van der Waals surface area (Å²) in [6.07, 6.45) is 6.03. The number of hydrogen-bond acceptors (Lipinski definition) is 4. The van der Waals surface area contributed by atoms with Crippen LogP contribution in [0.3, 0.4) is 0 Å². The number of rotatable bonds is 5. The van der Waals surface area contributed by atoms with E-state index in [1.807, 2.05) is 0 Å². The van der Waals surface area contributed by atoms with Gasteiger partial charge in [-0.25, -0.2) is 0 Å². The molecule has 1 saturated heterocycles. The number of morpholine rings is 1. The second-order valence-corrected chi connectivity index (χ2v) is 5.78. The smallest absolute Gasteiger partial charge is 0.240 e. The zero-order valence-electron chi connectivity index (χ0n) is 11.8. The highest BCUT2D eigenvalue weighted by Gasteiger charge is 2.34. The van der Waals surface area contributed by atoms with E-state index < -0.39 is 5.54 Å². The van der Waals surface area contributed by atoms with Crippen LogP contribution in [0.5, 0.6) is 0 Å². The Kier molecular flexibility index (Phi) is 5.60. The van der Waals surface area contributed by atoms with Crippen molar-refractivity contribution in [2.24, 2.45) is 5.73 Å². The lowest BCUT2D eigenvalue weighted by Crippen LogP contribution is -2.55. The Morgan fingerprint density at radius 3 is 2.58 bits per heavy atom. The Morgan fingerprint density at radius 2 is 1.89 bits per heavy atom. The van der Waals surface area contributed by atoms with Crippen LogP contribution >= 0.6 is 0 Å². The van der Waals surface area contributed by atoms with Crippen LogP contribution in [-0.2, 0) is 9.53 Å². The van der Waals surface area contributed by atoms with E-state index >= 15 is 0 Å². The number of amides is 1. The third kappa shape index (κ3) is 4.44. The number of nitrogens with one attached hydrogen (secondary N) is 1. The van der Waals surface area contributed by atoms with E-state index in [1.54, 1.807) is 0 Å². The molecule has 2 rings (SSSR count). The van der Waals surface area contributed by atoms with Gasteiger partial charge in [0, 0.05) is 19.6 Å². The third-order valence-electron chi connectivity index (χ3n) is 4.24. The fourth-order valence-corrected chi connectivity index (χ4v) is 2.92. The fraction of sp³-hybridized carbons (Fsp3) is 0.929. The summed E-state index contributed by atoms with van der Waals surface area (Å²) in [5.74, 6) is 0.0502. The molecule has 110 valence electrons. The predicted octanol–water partition coefficient (Wildman–Crippen LogP) is 0.486. The first-order chi connectivity index (χ1) is 9.21. The molecule has 1 amide bonds. The van der Waals surface area contributed by atoms with Crippen molar-refractivity contribution >= 4 is 5.91 Å². The summed E-state index contributed by atoms with van der Waals surface area (Å²) in [5.41, 5.74) is 5.59. The molecule has 1 heterocycles. The summed E-state index contributed by atoms with van der Waals surface area (Å²) >= 11 is 0. The molecule has 0 unspecified atom stereocenters. The molecule has 0 aromatic carbocycles. The van der Waals surface area contributed by atoms with E-state index in [-0.39, 0.29) is 5.91 Å². The van der Waals surface area contributed by atoms with Crippen LogP contribution in [0.1, 0.15) is 38.5 Å². The molecule has 1 aliphatic carbocycles. The largest absolute Gasteiger partial charge is 0.379 e. The molecule has 0 spiro atoms. The van der Waals surface area contributed by atoms with Gasteiger partial charge in [-0.2, -0.15) is 0 Å². The van der Waals surface area contributed by atoms with E-state index in [2.05, 4.69) is 10.2 Å². The van der Waals surface area contributed by atoms with E-state index in [0.29, 0.717) is 0 Å². The Hall–Kier alpha value is -0.650. The maximum Gasteiger partial charge on any atom is 0.240 e. The van der Waals surface area contributed by atoms with Crippen LogP contribution < -0.4 is 11.1 Å². The number of ether oxygens (including phenoxy) is 1. The van der Waals surface area contributed by atoms with E-state index in [4.69, 9.17) is 10.5 Å². The summed E-state index contributed by atoms with van der Waals surface area (Å²) in [6, 6.07) is 0. The van der Waals surface area contributed by atoms with Gasteiger partial charge in [-0.05, 0) is 25.8 Å². The molecule has 0 aromatic rings. The highest BCUT2D eigenvalue weighted by molar-refractivity contribution is 5.86. The molecule has 2 fully saturated rings. The molecule has 5 nitrogen and oxygen atoms in total. The van der Waals surface area contributed by atoms with Gasteiger partial charge >= 0.3 is 0 Å². The summed E-state index contributed by atoms with van der Waals surface area (Å²) in [5, 5.41) is 3.01. The van der Waals surface area contributed by atoms with E-state index in [9.17, 15) is 4.79 Å². The Bertz CT molecular complexity index is 284. The molecule has 1 saturated carbocycles. The van der Waals surface area contributed by atoms with Gasteiger partial charge in [-0.3, -0.25) is 9.69 Å². The van der Waals surface area contributed by atoms with Crippen molar-refractivity contribution in [1.29, 1.82) is 0 Å². The normalized spacial score (nSPS) is 24.1. The van der Waals surface area contributed by atoms with Gasteiger partial charge in [0.15, 0.2) is 0 Å². The van der Waals surface area contributed by atoms with Crippen LogP contribution in [-0.4, -0.2) is 55.7 Å². The minimum Gasteiger partial charge on any atom is -0.379 e. The number of nitrogens with two attached hydrogens (primary N) is 1. The second kappa shape index (κ2) is 7.22. The number of carbonyl (C=O) groups is 1. The molecule has 0 radical (unpaired) electrons. The van der Waals surface area contributed by atoms with Crippen LogP contribution in [0, 0.1) is 0 Å². The highest BCUT2D eigenvalue weighted by Crippen LogP contribution is 2.25. The van der Waals surface area contributed by atoms with Crippen molar-refractivity contribution in [2.45, 2.75) is 44.1 Å². The van der Waals surface area contributed by atoms with Crippen molar-refractivity contribution in [3.63, 3.8) is 0 Å². The zero-order chi connectivity index (χ0) is 13.6. The molecular weight excluding hydrogens is 242 g/mol. The Labute approximate surface area is 115 Å². The first-order valence-corrected chi connectivity index (χ1v) is 7.58. The van der Waals surface area contributed by atoms with Crippen LogP contribution in [0.4, 0.5) is 0 Å². The molecular formula is C14H27N3O2. The minimum atomic E-state index is -0.600. The molecule has 0 atom stereocenters. The van der Waals surface area contributed by atoms with Crippen molar-refractivity contribution in [2.75, 3.05) is 39.4 Å². The summed E-state index contributed by atoms with van der Waals surface area (Å²) in [6.45, 7) is 5.44. The topological polar surface area (TPSA) is 67.6 Å². The Morgan fingerprint density at radius 1 is 1.21 bits per heavy atom. The average molecular weight is 269 g/mol. The Balaban J connectivity index is 1.60. The van der Waals surface area contributed by atoms with Gasteiger partial charge in [0.2, 0.25) is 5.91 Å². The molecule has 2 aliphatic rings. The molecule has 3 N–H and O–H groups in total. The molecule has 1 aliphatic heterocycles. The molecule has 0 aromatic heterocycles. The first kappa shape index (κ1) is 14.8. The second-order valence-electron chi connectivity index (χ2n) is 5.78. The monoisotopic (exact) mass is 269 g/mol. The van der Waals surface area contributed by atoms with Crippen LogP contribution in [0.15, 0.2) is 0 Å². The van der Waals surface area contributed by atoms with Crippen LogP contribution in [0.2, 0.25) is 0 Å². The number of nitrogens with zero attached hydrogens (tertiary/aromatic N) is 1. The zero-order valence-corrected chi connectivity index (χ0v) is 11.8. The minimum absolute atomic E-state index is 0.0502. The van der Waals surface area contributed by atoms with Gasteiger partial charge in [-0.15, -0.1) is 0 Å². The lowest BCUT2D eigenvalue weighted by Gasteiger charge is -2.32. The van der Waals surface area contributed by atoms with Crippen molar-refractivity contribution in [3.8, 4) is 0 Å². The van der Waals surface area contributed by atoms with Gasteiger partial charge in [0.1, 0.15) is 0 Å². The van der Waals surface area contributed by atoms with Crippen molar-refractivity contribution in [1.82, 2.24) is 10.2 Å². The van der Waals surface area contributed by atoms with Gasteiger partial charge in [0.25, 0.3) is 0 Å². The van der Waals surface area contributed by atoms with Gasteiger partial charge < -0.3 is 15.8 Å². The third-order valence-corrected chi connectivity index (χ3v) is 4.24. The van der Waals surface area contributed by atoms with E-state index in [1.165, 1.54) is 6.42 Å². The predicted molar refractivity (Wildman–Crippen MR) is 74.9 cm³/mol. The standard InChI is InChI=1S/C14H27N3O2/c15-14(5-2-1-3-6-14)13(18)16-7-4-8-17-9-11-19-12-10-17/h1-12,15H2,(H,16,18). The summed E-state index contributed by atoms with van der Waals surface area (Å²) < 4.78 is 5.31. The van der Waals surface area contributed by atoms with Crippen molar-refractivity contribution in [3.05, 3.63) is 0 Å². The quantitative estimate of drug-likeness (QED) is 0.713. The SMILES string of the molecule is NC1(C(=O)NCCCN2CCOCC2)CCCCC1. The highest BCUT2D eigenvalue weighted by atomic mass is 16.5. The number of carbonyl (C=O) groups excluding carboxylic acids is 1. The fourth-order valence-electron chi connectivity index (χ4n) is 2.92. The summed E-state index contributed by atoms with van der Waals surface area (Å²) in [7, 11) is 0. The van der Waals surface area contributed by atoms with Crippen LogP contribution in [0.25, 0.3) is 0 Å². The van der Waals surface area contributed by atoms with E-state index in [0.717, 1.165) is 71.5 Å². The maximum atomic E-state index is 12.1. The number of hydrogen-bond donors (Lipinski definition) is 2. The first-order valence-electron chi connectivity index (χ1n) is 7.58.